The maximum atomic E-state index is 5.96. The van der Waals surface area contributed by atoms with Gasteiger partial charge in [0, 0.05) is 36.4 Å². The van der Waals surface area contributed by atoms with Crippen LogP contribution in [0.1, 0.15) is 16.6 Å². The van der Waals surface area contributed by atoms with Crippen LogP contribution < -0.4 is 10.5 Å². The zero-order valence-electron chi connectivity index (χ0n) is 12.6. The largest absolute Gasteiger partial charge is 0.497 e. The van der Waals surface area contributed by atoms with Gasteiger partial charge in [-0.15, -0.1) is 11.3 Å². The number of methoxy groups -OCH3 is 1. The number of rotatable bonds is 5. The summed E-state index contributed by atoms with van der Waals surface area (Å²) in [5, 5.41) is 7.60. The molecule has 1 unspecified atom stereocenters. The Morgan fingerprint density at radius 2 is 2.09 bits per heavy atom. The van der Waals surface area contributed by atoms with Crippen molar-refractivity contribution in [2.24, 2.45) is 12.8 Å². The molecule has 0 radical (unpaired) electrons. The summed E-state index contributed by atoms with van der Waals surface area (Å²) in [5.74, 6) is 0.909. The highest BCUT2D eigenvalue weighted by molar-refractivity contribution is 7.09. The van der Waals surface area contributed by atoms with Crippen LogP contribution in [-0.4, -0.2) is 28.4 Å². The number of benzene rings is 1. The van der Waals surface area contributed by atoms with Crippen molar-refractivity contribution >= 4 is 11.3 Å². The molecule has 2 N–H and O–H groups in total. The molecule has 3 aromatic rings. The van der Waals surface area contributed by atoms with Crippen LogP contribution in [0, 0.1) is 0 Å². The normalized spacial score (nSPS) is 12.3. The van der Waals surface area contributed by atoms with E-state index in [1.807, 2.05) is 47.6 Å². The summed E-state index contributed by atoms with van der Waals surface area (Å²) in [4.78, 5) is 4.39. The summed E-state index contributed by atoms with van der Waals surface area (Å²) in [6, 6.07) is 9.97. The van der Waals surface area contributed by atoms with Crippen molar-refractivity contribution in [1.82, 2.24) is 14.8 Å². The molecule has 5 nitrogen and oxygen atoms in total. The fourth-order valence-corrected chi connectivity index (χ4v) is 3.23. The van der Waals surface area contributed by atoms with E-state index in [-0.39, 0.29) is 5.92 Å². The van der Waals surface area contributed by atoms with Crippen LogP contribution in [-0.2, 0) is 7.05 Å². The molecule has 22 heavy (non-hydrogen) atoms. The number of nitrogens with zero attached hydrogens (tertiary/aromatic N) is 3. The Morgan fingerprint density at radius 1 is 1.32 bits per heavy atom. The lowest BCUT2D eigenvalue weighted by atomic mass is 10.0. The molecule has 1 aromatic carbocycles. The molecule has 0 fully saturated rings. The molecule has 1 atom stereocenters. The van der Waals surface area contributed by atoms with E-state index in [0.29, 0.717) is 6.54 Å². The van der Waals surface area contributed by atoms with E-state index in [4.69, 9.17) is 10.5 Å². The third-order valence-corrected chi connectivity index (χ3v) is 4.53. The quantitative estimate of drug-likeness (QED) is 0.786. The van der Waals surface area contributed by atoms with Crippen LogP contribution >= 0.6 is 11.3 Å². The molecule has 0 saturated carbocycles. The van der Waals surface area contributed by atoms with Gasteiger partial charge < -0.3 is 10.5 Å². The summed E-state index contributed by atoms with van der Waals surface area (Å²) in [7, 11) is 3.60. The standard InChI is InChI=1S/C16H18N4OS/c1-20-15(13(10-17)16-18-7-8-22-16)9-14(19-20)11-3-5-12(21-2)6-4-11/h3-9,13H,10,17H2,1-2H3. The molecule has 0 aliphatic rings. The van der Waals surface area contributed by atoms with Gasteiger partial charge >= 0.3 is 0 Å². The minimum absolute atomic E-state index is 0.0736. The SMILES string of the molecule is COc1ccc(-c2cc(C(CN)c3nccs3)n(C)n2)cc1. The van der Waals surface area contributed by atoms with E-state index < -0.39 is 0 Å². The van der Waals surface area contributed by atoms with Gasteiger partial charge in [-0.2, -0.15) is 5.10 Å². The second-order valence-electron chi connectivity index (χ2n) is 4.97. The van der Waals surface area contributed by atoms with Gasteiger partial charge in [0.25, 0.3) is 0 Å². The highest BCUT2D eigenvalue weighted by atomic mass is 32.1. The Morgan fingerprint density at radius 3 is 2.68 bits per heavy atom. The van der Waals surface area contributed by atoms with Gasteiger partial charge in [0.1, 0.15) is 10.8 Å². The van der Waals surface area contributed by atoms with Gasteiger partial charge in [-0.1, -0.05) is 0 Å². The minimum atomic E-state index is 0.0736. The molecule has 0 aliphatic heterocycles. The molecule has 0 bridgehead atoms. The second kappa shape index (κ2) is 6.29. The van der Waals surface area contributed by atoms with Crippen molar-refractivity contribution in [3.63, 3.8) is 0 Å². The number of hydrogen-bond donors (Lipinski definition) is 1. The van der Waals surface area contributed by atoms with Crippen molar-refractivity contribution in [3.8, 4) is 17.0 Å². The van der Waals surface area contributed by atoms with Gasteiger partial charge in [0.15, 0.2) is 0 Å². The summed E-state index contributed by atoms with van der Waals surface area (Å²) in [5.41, 5.74) is 9.01. The maximum Gasteiger partial charge on any atom is 0.118 e. The highest BCUT2D eigenvalue weighted by Gasteiger charge is 2.20. The number of hydrogen-bond acceptors (Lipinski definition) is 5. The van der Waals surface area contributed by atoms with E-state index in [9.17, 15) is 0 Å². The monoisotopic (exact) mass is 314 g/mol. The lowest BCUT2D eigenvalue weighted by Crippen LogP contribution is -2.16. The smallest absolute Gasteiger partial charge is 0.118 e. The second-order valence-corrected chi connectivity index (χ2v) is 5.89. The molecule has 2 aromatic heterocycles. The Kier molecular flexibility index (Phi) is 4.22. The van der Waals surface area contributed by atoms with Crippen LogP contribution in [0.5, 0.6) is 5.75 Å². The Balaban J connectivity index is 1.95. The van der Waals surface area contributed by atoms with Crippen LogP contribution in [0.25, 0.3) is 11.3 Å². The predicted octanol–water partition coefficient (Wildman–Crippen LogP) is 2.64. The summed E-state index contributed by atoms with van der Waals surface area (Å²) in [6.45, 7) is 0.509. The van der Waals surface area contributed by atoms with E-state index in [0.717, 1.165) is 27.7 Å². The van der Waals surface area contributed by atoms with Gasteiger partial charge in [-0.05, 0) is 30.3 Å². The van der Waals surface area contributed by atoms with E-state index in [2.05, 4.69) is 16.1 Å². The first-order valence-corrected chi connectivity index (χ1v) is 7.88. The third-order valence-electron chi connectivity index (χ3n) is 3.64. The van der Waals surface area contributed by atoms with Crippen molar-refractivity contribution in [2.45, 2.75) is 5.92 Å². The molecule has 114 valence electrons. The Bertz CT molecular complexity index is 734. The molecule has 0 aliphatic carbocycles. The zero-order chi connectivity index (χ0) is 15.5. The van der Waals surface area contributed by atoms with E-state index in [1.165, 1.54) is 0 Å². The summed E-state index contributed by atoms with van der Waals surface area (Å²) >= 11 is 1.62. The summed E-state index contributed by atoms with van der Waals surface area (Å²) < 4.78 is 7.08. The van der Waals surface area contributed by atoms with Crippen LogP contribution in [0.4, 0.5) is 0 Å². The average molecular weight is 314 g/mol. The first-order chi connectivity index (χ1) is 10.7. The molecular formula is C16H18N4OS. The lowest BCUT2D eigenvalue weighted by Gasteiger charge is -2.11. The fourth-order valence-electron chi connectivity index (χ4n) is 2.47. The van der Waals surface area contributed by atoms with Gasteiger partial charge in [0.05, 0.1) is 18.7 Å². The van der Waals surface area contributed by atoms with E-state index >= 15 is 0 Å². The van der Waals surface area contributed by atoms with Gasteiger partial charge in [0.2, 0.25) is 0 Å². The van der Waals surface area contributed by atoms with Crippen molar-refractivity contribution in [3.05, 3.63) is 52.6 Å². The molecular weight excluding hydrogens is 296 g/mol. The molecule has 6 heteroatoms. The highest BCUT2D eigenvalue weighted by Crippen LogP contribution is 2.29. The van der Waals surface area contributed by atoms with E-state index in [1.54, 1.807) is 18.4 Å². The Labute approximate surface area is 133 Å². The predicted molar refractivity (Wildman–Crippen MR) is 88.2 cm³/mol. The number of aromatic nitrogens is 3. The lowest BCUT2D eigenvalue weighted by molar-refractivity contribution is 0.415. The van der Waals surface area contributed by atoms with Crippen LogP contribution in [0.2, 0.25) is 0 Å². The maximum absolute atomic E-state index is 5.96. The zero-order valence-corrected chi connectivity index (χ0v) is 13.4. The van der Waals surface area contributed by atoms with Crippen molar-refractivity contribution in [2.75, 3.05) is 13.7 Å². The number of ether oxygens (including phenoxy) is 1. The molecule has 0 amide bonds. The minimum Gasteiger partial charge on any atom is -0.497 e. The first-order valence-electron chi connectivity index (χ1n) is 7.00. The van der Waals surface area contributed by atoms with Crippen molar-refractivity contribution in [1.29, 1.82) is 0 Å². The third kappa shape index (κ3) is 2.75. The molecule has 0 spiro atoms. The number of nitrogens with two attached hydrogens (primary N) is 1. The Hall–Kier alpha value is -2.18. The number of aryl methyl sites for hydroxylation is 1. The topological polar surface area (TPSA) is 66.0 Å². The molecule has 0 saturated heterocycles. The number of thiazole rings is 1. The average Bonchev–Trinajstić information content (AvgIpc) is 3.19. The van der Waals surface area contributed by atoms with Crippen molar-refractivity contribution < 1.29 is 4.74 Å². The van der Waals surface area contributed by atoms with Crippen LogP contribution in [0.3, 0.4) is 0 Å². The van der Waals surface area contributed by atoms with Gasteiger partial charge in [-0.25, -0.2) is 4.98 Å². The molecule has 2 heterocycles. The van der Waals surface area contributed by atoms with Crippen LogP contribution in [0.15, 0.2) is 41.9 Å². The van der Waals surface area contributed by atoms with Gasteiger partial charge in [-0.3, -0.25) is 4.68 Å². The summed E-state index contributed by atoms with van der Waals surface area (Å²) in [6.07, 6.45) is 1.81. The first kappa shape index (κ1) is 14.7. The molecule has 3 rings (SSSR count). The fraction of sp³-hybridized carbons (Fsp3) is 0.250.